The average Bonchev–Trinajstić information content (AvgIpc) is 2.88. The summed E-state index contributed by atoms with van der Waals surface area (Å²) in [5, 5.41) is 21.7. The van der Waals surface area contributed by atoms with Crippen LogP contribution in [0.15, 0.2) is 41.4 Å². The van der Waals surface area contributed by atoms with Gasteiger partial charge in [0.1, 0.15) is 18.0 Å². The van der Waals surface area contributed by atoms with Crippen LogP contribution in [0, 0.1) is 0 Å². The number of aliphatic hydroxyl groups is 2. The highest BCUT2D eigenvalue weighted by molar-refractivity contribution is 7.80. The number of carbonyl (C=O) groups excluding carboxylic acids is 1. The summed E-state index contributed by atoms with van der Waals surface area (Å²) in [7, 11) is 0. The van der Waals surface area contributed by atoms with E-state index in [1.807, 2.05) is 12.1 Å². The topological polar surface area (TPSA) is 108 Å². The molecule has 1 fully saturated rings. The van der Waals surface area contributed by atoms with Gasteiger partial charge in [0.2, 0.25) is 0 Å². The number of ether oxygens (including phenoxy) is 1. The van der Waals surface area contributed by atoms with Crippen LogP contribution in [0.3, 0.4) is 0 Å². The largest absolute Gasteiger partial charge is 0.394 e. The summed E-state index contributed by atoms with van der Waals surface area (Å²) >= 11 is 4.37. The minimum Gasteiger partial charge on any atom is -0.394 e. The molecule has 0 aromatic heterocycles. The maximum Gasteiger partial charge on any atom is 0.325 e. The molecule has 124 valence electrons. The molecular weight excluding hydrogens is 318 g/mol. The standard InChI is InChI=1S/C15H19N3O4S/c16-15(9-3-1-2-4-12(9)23)5-6-18(14(21)17-15)13-7-10(20)11(8-19)22-13/h1-6,10-11,13,19-20,23H,7-8,16H2,(H,17,21)/t10-,11+,13+,15?/m0/s1. The second kappa shape index (κ2) is 6.14. The van der Waals surface area contributed by atoms with Gasteiger partial charge in [0.05, 0.1) is 12.7 Å². The van der Waals surface area contributed by atoms with E-state index in [9.17, 15) is 9.90 Å². The van der Waals surface area contributed by atoms with E-state index >= 15 is 0 Å². The van der Waals surface area contributed by atoms with Gasteiger partial charge >= 0.3 is 6.03 Å². The Kier molecular flexibility index (Phi) is 4.35. The summed E-state index contributed by atoms with van der Waals surface area (Å²) in [5.74, 6) is 0. The number of thiol groups is 1. The second-order valence-corrected chi connectivity index (χ2v) is 6.14. The number of amides is 2. The van der Waals surface area contributed by atoms with Gasteiger partial charge in [-0.05, 0) is 12.1 Å². The number of nitrogens with zero attached hydrogens (tertiary/aromatic N) is 1. The van der Waals surface area contributed by atoms with Crippen molar-refractivity contribution in [3.05, 3.63) is 42.1 Å². The summed E-state index contributed by atoms with van der Waals surface area (Å²) in [5.41, 5.74) is 5.80. The Morgan fingerprint density at radius 3 is 2.83 bits per heavy atom. The first-order valence-corrected chi connectivity index (χ1v) is 7.71. The normalized spacial score (nSPS) is 33.8. The molecule has 5 N–H and O–H groups in total. The van der Waals surface area contributed by atoms with Crippen LogP contribution in [0.4, 0.5) is 4.79 Å². The fraction of sp³-hybridized carbons (Fsp3) is 0.400. The molecular formula is C15H19N3O4S. The molecule has 2 heterocycles. The first kappa shape index (κ1) is 16.3. The molecule has 23 heavy (non-hydrogen) atoms. The molecule has 2 aliphatic heterocycles. The molecule has 2 aliphatic rings. The Balaban J connectivity index is 1.82. The highest BCUT2D eigenvalue weighted by atomic mass is 32.1. The van der Waals surface area contributed by atoms with E-state index < -0.39 is 30.1 Å². The summed E-state index contributed by atoms with van der Waals surface area (Å²) in [6.07, 6.45) is 1.26. The molecule has 1 aromatic carbocycles. The Labute approximate surface area is 139 Å². The van der Waals surface area contributed by atoms with Crippen LogP contribution < -0.4 is 11.1 Å². The van der Waals surface area contributed by atoms with Gasteiger partial charge in [-0.1, -0.05) is 18.2 Å². The number of hydrogen-bond acceptors (Lipinski definition) is 6. The number of rotatable bonds is 3. The molecule has 2 amide bonds. The van der Waals surface area contributed by atoms with Crippen molar-refractivity contribution < 1.29 is 19.7 Å². The number of aliphatic hydroxyl groups excluding tert-OH is 2. The van der Waals surface area contributed by atoms with Crippen molar-refractivity contribution in [2.24, 2.45) is 5.73 Å². The van der Waals surface area contributed by atoms with E-state index in [1.165, 1.54) is 11.1 Å². The van der Waals surface area contributed by atoms with Gasteiger partial charge < -0.3 is 26.0 Å². The molecule has 0 aliphatic carbocycles. The maximum atomic E-state index is 12.4. The van der Waals surface area contributed by atoms with E-state index in [1.54, 1.807) is 18.2 Å². The Hall–Kier alpha value is -1.58. The fourth-order valence-corrected chi connectivity index (χ4v) is 3.15. The lowest BCUT2D eigenvalue weighted by Crippen LogP contribution is -2.59. The first-order chi connectivity index (χ1) is 10.9. The highest BCUT2D eigenvalue weighted by Crippen LogP contribution is 2.30. The fourth-order valence-electron chi connectivity index (χ4n) is 2.81. The summed E-state index contributed by atoms with van der Waals surface area (Å²) in [4.78, 5) is 14.4. The quantitative estimate of drug-likeness (QED) is 0.503. The van der Waals surface area contributed by atoms with Gasteiger partial charge in [-0.3, -0.25) is 4.90 Å². The number of urea groups is 1. The minimum atomic E-state index is -1.17. The van der Waals surface area contributed by atoms with Crippen LogP contribution in [0.1, 0.15) is 12.0 Å². The van der Waals surface area contributed by atoms with Crippen LogP contribution in [-0.4, -0.2) is 46.2 Å². The summed E-state index contributed by atoms with van der Waals surface area (Å²) < 4.78 is 5.49. The van der Waals surface area contributed by atoms with Crippen LogP contribution in [0.5, 0.6) is 0 Å². The lowest BCUT2D eigenvalue weighted by molar-refractivity contribution is -0.0549. The van der Waals surface area contributed by atoms with Gasteiger partial charge in [0.25, 0.3) is 0 Å². The minimum absolute atomic E-state index is 0.226. The number of nitrogens with two attached hydrogens (primary N) is 1. The number of benzene rings is 1. The third kappa shape index (κ3) is 2.96. The SMILES string of the molecule is NC1(c2ccccc2S)C=CN([C@H]2C[C@H](O)[C@@H](CO)O2)C(=O)N1. The third-order valence-corrected chi connectivity index (χ3v) is 4.48. The summed E-state index contributed by atoms with van der Waals surface area (Å²) in [6, 6.07) is 6.79. The first-order valence-electron chi connectivity index (χ1n) is 7.26. The van der Waals surface area contributed by atoms with Crippen LogP contribution in [0.25, 0.3) is 0 Å². The van der Waals surface area contributed by atoms with Gasteiger partial charge in [0, 0.05) is 23.1 Å². The Morgan fingerprint density at radius 2 is 2.22 bits per heavy atom. The summed E-state index contributed by atoms with van der Waals surface area (Å²) in [6.45, 7) is -0.301. The van der Waals surface area contributed by atoms with Gasteiger partial charge in [-0.15, -0.1) is 12.6 Å². The van der Waals surface area contributed by atoms with Crippen molar-refractivity contribution >= 4 is 18.7 Å². The molecule has 3 rings (SSSR count). The van der Waals surface area contributed by atoms with Crippen LogP contribution in [-0.2, 0) is 10.4 Å². The number of hydrogen-bond donors (Lipinski definition) is 5. The molecule has 0 spiro atoms. The number of nitrogens with one attached hydrogen (secondary N) is 1. The highest BCUT2D eigenvalue weighted by Gasteiger charge is 2.41. The predicted octanol–water partition coefficient (Wildman–Crippen LogP) is 0.0939. The molecule has 0 radical (unpaired) electrons. The third-order valence-electron chi connectivity index (χ3n) is 4.09. The van der Waals surface area contributed by atoms with E-state index in [0.717, 1.165) is 0 Å². The molecule has 8 heteroatoms. The molecule has 0 saturated carbocycles. The number of carbonyl (C=O) groups is 1. The molecule has 0 bridgehead atoms. The van der Waals surface area contributed by atoms with E-state index in [0.29, 0.717) is 10.5 Å². The van der Waals surface area contributed by atoms with Crippen LogP contribution in [0.2, 0.25) is 0 Å². The zero-order chi connectivity index (χ0) is 16.6. The monoisotopic (exact) mass is 337 g/mol. The maximum absolute atomic E-state index is 12.4. The van der Waals surface area contributed by atoms with Crippen molar-refractivity contribution in [2.75, 3.05) is 6.61 Å². The van der Waals surface area contributed by atoms with Crippen molar-refractivity contribution in [1.82, 2.24) is 10.2 Å². The zero-order valence-corrected chi connectivity index (χ0v) is 13.2. The Bertz CT molecular complexity index is 641. The molecule has 7 nitrogen and oxygen atoms in total. The van der Waals surface area contributed by atoms with E-state index in [-0.39, 0.29) is 13.0 Å². The zero-order valence-electron chi connectivity index (χ0n) is 12.3. The van der Waals surface area contributed by atoms with Gasteiger partial charge in [0.15, 0.2) is 0 Å². The van der Waals surface area contributed by atoms with Crippen molar-refractivity contribution in [2.45, 2.75) is 35.4 Å². The lowest BCUT2D eigenvalue weighted by atomic mass is 9.99. The molecule has 1 unspecified atom stereocenters. The van der Waals surface area contributed by atoms with Crippen LogP contribution >= 0.6 is 12.6 Å². The molecule has 1 saturated heterocycles. The second-order valence-electron chi connectivity index (χ2n) is 5.65. The van der Waals surface area contributed by atoms with E-state index in [4.69, 9.17) is 15.6 Å². The van der Waals surface area contributed by atoms with Crippen molar-refractivity contribution in [1.29, 1.82) is 0 Å². The van der Waals surface area contributed by atoms with Gasteiger partial charge in [-0.25, -0.2) is 4.79 Å². The predicted molar refractivity (Wildman–Crippen MR) is 85.4 cm³/mol. The Morgan fingerprint density at radius 1 is 1.48 bits per heavy atom. The van der Waals surface area contributed by atoms with E-state index in [2.05, 4.69) is 17.9 Å². The smallest absolute Gasteiger partial charge is 0.325 e. The van der Waals surface area contributed by atoms with Crippen molar-refractivity contribution in [3.63, 3.8) is 0 Å². The molecule has 1 aromatic rings. The average molecular weight is 337 g/mol. The lowest BCUT2D eigenvalue weighted by Gasteiger charge is -2.37. The molecule has 4 atom stereocenters. The van der Waals surface area contributed by atoms with Gasteiger partial charge in [-0.2, -0.15) is 0 Å². The van der Waals surface area contributed by atoms with Crippen molar-refractivity contribution in [3.8, 4) is 0 Å².